The SMILES string of the molecule is Cc1cccc(NC(=O)NC(=O)CN2CCCC2C(=O)Nc2cc(Cl)ccc2Cl)c1C. The highest BCUT2D eigenvalue weighted by atomic mass is 35.5. The molecule has 0 aliphatic carbocycles. The van der Waals surface area contributed by atoms with Gasteiger partial charge in [0.05, 0.1) is 23.3 Å². The van der Waals surface area contributed by atoms with Crippen molar-refractivity contribution in [3.05, 3.63) is 57.6 Å². The van der Waals surface area contributed by atoms with Crippen LogP contribution in [0.15, 0.2) is 36.4 Å². The molecule has 1 aliphatic heterocycles. The summed E-state index contributed by atoms with van der Waals surface area (Å²) in [5.74, 6) is -0.752. The highest BCUT2D eigenvalue weighted by Gasteiger charge is 2.32. The van der Waals surface area contributed by atoms with Crippen LogP contribution in [0.5, 0.6) is 0 Å². The molecule has 164 valence electrons. The molecule has 1 atom stereocenters. The first-order chi connectivity index (χ1) is 14.7. The van der Waals surface area contributed by atoms with Gasteiger partial charge in [-0.1, -0.05) is 35.3 Å². The van der Waals surface area contributed by atoms with Gasteiger partial charge in [0, 0.05) is 10.7 Å². The molecular formula is C22H24Cl2N4O3. The smallest absolute Gasteiger partial charge is 0.323 e. The van der Waals surface area contributed by atoms with Crippen LogP contribution in [0.1, 0.15) is 24.0 Å². The van der Waals surface area contributed by atoms with Crippen molar-refractivity contribution >= 4 is 52.4 Å². The first-order valence-electron chi connectivity index (χ1n) is 9.91. The summed E-state index contributed by atoms with van der Waals surface area (Å²) in [5.41, 5.74) is 3.03. The van der Waals surface area contributed by atoms with Crippen LogP contribution < -0.4 is 16.0 Å². The second-order valence-corrected chi connectivity index (χ2v) is 8.34. The molecule has 1 saturated heterocycles. The van der Waals surface area contributed by atoms with E-state index in [0.717, 1.165) is 17.5 Å². The molecule has 0 saturated carbocycles. The predicted octanol–water partition coefficient (Wildman–Crippen LogP) is 4.36. The van der Waals surface area contributed by atoms with Gasteiger partial charge in [-0.2, -0.15) is 0 Å². The number of likely N-dealkylation sites (tertiary alicyclic amines) is 1. The third kappa shape index (κ3) is 5.97. The molecular weight excluding hydrogens is 439 g/mol. The van der Waals surface area contributed by atoms with Gasteiger partial charge in [0.15, 0.2) is 0 Å². The van der Waals surface area contributed by atoms with E-state index in [9.17, 15) is 14.4 Å². The number of nitrogens with one attached hydrogen (secondary N) is 3. The maximum absolute atomic E-state index is 12.7. The minimum Gasteiger partial charge on any atom is -0.323 e. The largest absolute Gasteiger partial charge is 0.325 e. The lowest BCUT2D eigenvalue weighted by molar-refractivity contribution is -0.124. The molecule has 7 nitrogen and oxygen atoms in total. The van der Waals surface area contributed by atoms with Gasteiger partial charge in [0.25, 0.3) is 0 Å². The van der Waals surface area contributed by atoms with Gasteiger partial charge in [-0.15, -0.1) is 0 Å². The predicted molar refractivity (Wildman–Crippen MR) is 123 cm³/mol. The average molecular weight is 463 g/mol. The van der Waals surface area contributed by atoms with Gasteiger partial charge in [0.1, 0.15) is 0 Å². The van der Waals surface area contributed by atoms with E-state index in [-0.39, 0.29) is 12.5 Å². The van der Waals surface area contributed by atoms with E-state index in [2.05, 4.69) is 16.0 Å². The van der Waals surface area contributed by atoms with Crippen LogP contribution in [-0.4, -0.2) is 41.9 Å². The number of halogens is 2. The van der Waals surface area contributed by atoms with Crippen molar-refractivity contribution in [2.45, 2.75) is 32.7 Å². The van der Waals surface area contributed by atoms with E-state index in [1.54, 1.807) is 29.2 Å². The number of anilines is 2. The van der Waals surface area contributed by atoms with Gasteiger partial charge < -0.3 is 10.6 Å². The Labute approximate surface area is 191 Å². The topological polar surface area (TPSA) is 90.5 Å². The van der Waals surface area contributed by atoms with E-state index < -0.39 is 18.0 Å². The number of imide groups is 1. The average Bonchev–Trinajstić information content (AvgIpc) is 3.16. The van der Waals surface area contributed by atoms with E-state index in [0.29, 0.717) is 34.4 Å². The Morgan fingerprint density at radius 1 is 1.06 bits per heavy atom. The molecule has 9 heteroatoms. The summed E-state index contributed by atoms with van der Waals surface area (Å²) in [6, 6.07) is 9.26. The normalized spacial score (nSPS) is 16.1. The number of amides is 4. The zero-order valence-electron chi connectivity index (χ0n) is 17.3. The van der Waals surface area contributed by atoms with Crippen molar-refractivity contribution < 1.29 is 14.4 Å². The molecule has 0 spiro atoms. The lowest BCUT2D eigenvalue weighted by atomic mass is 10.1. The highest BCUT2D eigenvalue weighted by Crippen LogP contribution is 2.27. The van der Waals surface area contributed by atoms with Crippen molar-refractivity contribution in [3.63, 3.8) is 0 Å². The minimum absolute atomic E-state index is 0.0679. The first kappa shape index (κ1) is 23.1. The van der Waals surface area contributed by atoms with E-state index >= 15 is 0 Å². The van der Waals surface area contributed by atoms with Crippen molar-refractivity contribution in [1.82, 2.24) is 10.2 Å². The lowest BCUT2D eigenvalue weighted by Crippen LogP contribution is -2.46. The molecule has 31 heavy (non-hydrogen) atoms. The Morgan fingerprint density at radius 2 is 1.84 bits per heavy atom. The standard InChI is InChI=1S/C22H24Cl2N4O3/c1-13-5-3-6-17(14(13)2)26-22(31)27-20(29)12-28-10-4-7-19(28)21(30)25-18-11-15(23)8-9-16(18)24/h3,5-6,8-9,11,19H,4,7,10,12H2,1-2H3,(H,25,30)(H2,26,27,29,31). The zero-order valence-corrected chi connectivity index (χ0v) is 18.8. The summed E-state index contributed by atoms with van der Waals surface area (Å²) in [6.45, 7) is 4.35. The van der Waals surface area contributed by atoms with Crippen LogP contribution in [-0.2, 0) is 9.59 Å². The quantitative estimate of drug-likeness (QED) is 0.615. The summed E-state index contributed by atoms with van der Waals surface area (Å²) in [7, 11) is 0. The summed E-state index contributed by atoms with van der Waals surface area (Å²) in [6.07, 6.45) is 1.37. The zero-order chi connectivity index (χ0) is 22.5. The number of urea groups is 1. The number of carbonyl (C=O) groups is 3. The molecule has 2 aromatic carbocycles. The molecule has 3 N–H and O–H groups in total. The number of carbonyl (C=O) groups excluding carboxylic acids is 3. The number of hydrogen-bond donors (Lipinski definition) is 3. The Morgan fingerprint density at radius 3 is 2.61 bits per heavy atom. The Balaban J connectivity index is 1.56. The fourth-order valence-corrected chi connectivity index (χ4v) is 3.85. The molecule has 3 rings (SSSR count). The Hall–Kier alpha value is -2.61. The van der Waals surface area contributed by atoms with Crippen molar-refractivity contribution in [2.75, 3.05) is 23.7 Å². The van der Waals surface area contributed by atoms with Crippen LogP contribution >= 0.6 is 23.2 Å². The molecule has 4 amide bonds. The Bertz CT molecular complexity index is 1010. The number of nitrogens with zero attached hydrogens (tertiary/aromatic N) is 1. The third-order valence-corrected chi connectivity index (χ3v) is 5.87. The molecule has 1 fully saturated rings. The van der Waals surface area contributed by atoms with Crippen molar-refractivity contribution in [2.24, 2.45) is 0 Å². The summed E-state index contributed by atoms with van der Waals surface area (Å²) in [5, 5.41) is 8.62. The fourth-order valence-electron chi connectivity index (χ4n) is 3.51. The van der Waals surface area contributed by atoms with Gasteiger partial charge >= 0.3 is 6.03 Å². The first-order valence-corrected chi connectivity index (χ1v) is 10.7. The number of benzene rings is 2. The molecule has 1 heterocycles. The van der Waals surface area contributed by atoms with Crippen LogP contribution in [0.4, 0.5) is 16.2 Å². The number of rotatable bonds is 5. The van der Waals surface area contributed by atoms with E-state index in [1.165, 1.54) is 0 Å². The molecule has 1 aliphatic rings. The fraction of sp³-hybridized carbons (Fsp3) is 0.318. The van der Waals surface area contributed by atoms with Crippen molar-refractivity contribution in [3.8, 4) is 0 Å². The van der Waals surface area contributed by atoms with Crippen LogP contribution in [0, 0.1) is 13.8 Å². The van der Waals surface area contributed by atoms with Crippen LogP contribution in [0.25, 0.3) is 0 Å². The number of aryl methyl sites for hydroxylation is 1. The maximum Gasteiger partial charge on any atom is 0.325 e. The van der Waals surface area contributed by atoms with Crippen molar-refractivity contribution in [1.29, 1.82) is 0 Å². The number of hydrogen-bond acceptors (Lipinski definition) is 4. The van der Waals surface area contributed by atoms with Crippen LogP contribution in [0.2, 0.25) is 10.0 Å². The molecule has 0 radical (unpaired) electrons. The summed E-state index contributed by atoms with van der Waals surface area (Å²) in [4.78, 5) is 39.1. The van der Waals surface area contributed by atoms with Gasteiger partial charge in [-0.25, -0.2) is 4.79 Å². The van der Waals surface area contributed by atoms with E-state index in [1.807, 2.05) is 26.0 Å². The third-order valence-electron chi connectivity index (χ3n) is 5.31. The second-order valence-electron chi connectivity index (χ2n) is 7.49. The van der Waals surface area contributed by atoms with Crippen LogP contribution in [0.3, 0.4) is 0 Å². The second kappa shape index (κ2) is 10.1. The highest BCUT2D eigenvalue weighted by molar-refractivity contribution is 6.35. The summed E-state index contributed by atoms with van der Waals surface area (Å²) < 4.78 is 0. The maximum atomic E-state index is 12.7. The molecule has 1 unspecified atom stereocenters. The molecule has 0 aromatic heterocycles. The molecule has 0 bridgehead atoms. The van der Waals surface area contributed by atoms with Gasteiger partial charge in [-0.3, -0.25) is 19.8 Å². The lowest BCUT2D eigenvalue weighted by Gasteiger charge is -2.23. The minimum atomic E-state index is -0.607. The van der Waals surface area contributed by atoms with Gasteiger partial charge in [-0.05, 0) is 68.6 Å². The Kier molecular flexibility index (Phi) is 7.54. The van der Waals surface area contributed by atoms with E-state index in [4.69, 9.17) is 23.2 Å². The summed E-state index contributed by atoms with van der Waals surface area (Å²) >= 11 is 12.1. The molecule has 2 aromatic rings. The monoisotopic (exact) mass is 462 g/mol. The van der Waals surface area contributed by atoms with Gasteiger partial charge in [0.2, 0.25) is 11.8 Å².